The largest absolute Gasteiger partial charge is 0.397 e. The molecule has 17 heavy (non-hydrogen) atoms. The first kappa shape index (κ1) is 12.5. The van der Waals surface area contributed by atoms with Gasteiger partial charge in [0, 0.05) is 6.04 Å². The van der Waals surface area contributed by atoms with E-state index in [1.807, 2.05) is 0 Å². The molecule has 0 aromatic carbocycles. The molecule has 0 amide bonds. The number of halogens is 1. The zero-order chi connectivity index (χ0) is 12.1. The number of hydrogen-bond donors (Lipinski definition) is 2. The number of nitrogens with two attached hydrogens (primary N) is 1. The number of aromatic nitrogens is 1. The van der Waals surface area contributed by atoms with Gasteiger partial charge in [0.25, 0.3) is 0 Å². The molecule has 1 aliphatic carbocycles. The third-order valence-electron chi connectivity index (χ3n) is 3.31. The van der Waals surface area contributed by atoms with Gasteiger partial charge in [-0.1, -0.05) is 43.7 Å². The zero-order valence-corrected chi connectivity index (χ0v) is 10.8. The lowest BCUT2D eigenvalue weighted by Gasteiger charge is -2.22. The summed E-state index contributed by atoms with van der Waals surface area (Å²) >= 11 is 6.12. The molecule has 0 radical (unpaired) electrons. The number of nitrogens with one attached hydrogen (secondary N) is 1. The number of hydrogen-bond acceptors (Lipinski definition) is 3. The molecule has 1 aliphatic rings. The highest BCUT2D eigenvalue weighted by Crippen LogP contribution is 2.25. The molecule has 1 heterocycles. The Hall–Kier alpha value is -0.960. The van der Waals surface area contributed by atoms with Crippen molar-refractivity contribution in [2.24, 2.45) is 0 Å². The first-order valence-electron chi connectivity index (χ1n) is 6.43. The molecule has 1 saturated carbocycles. The molecule has 94 valence electrons. The number of nitrogen functional groups attached to an aromatic ring is 1. The fraction of sp³-hybridized carbons (Fsp3) is 0.615. The molecule has 1 fully saturated rings. The smallest absolute Gasteiger partial charge is 0.145 e. The van der Waals surface area contributed by atoms with Crippen LogP contribution in [0.25, 0.3) is 0 Å². The lowest BCUT2D eigenvalue weighted by Crippen LogP contribution is -2.21. The average Bonchev–Trinajstić information content (AvgIpc) is 2.25. The first-order chi connectivity index (χ1) is 8.25. The van der Waals surface area contributed by atoms with E-state index in [1.165, 1.54) is 44.9 Å². The summed E-state index contributed by atoms with van der Waals surface area (Å²) in [6.07, 6.45) is 10.7. The Balaban J connectivity index is 1.98. The molecule has 2 rings (SSSR count). The summed E-state index contributed by atoms with van der Waals surface area (Å²) in [5, 5.41) is 4.06. The fourth-order valence-corrected chi connectivity index (χ4v) is 2.58. The maximum Gasteiger partial charge on any atom is 0.145 e. The van der Waals surface area contributed by atoms with Gasteiger partial charge in [-0.2, -0.15) is 0 Å². The van der Waals surface area contributed by atoms with Crippen molar-refractivity contribution >= 4 is 23.1 Å². The quantitative estimate of drug-likeness (QED) is 0.842. The lowest BCUT2D eigenvalue weighted by atomic mass is 9.97. The van der Waals surface area contributed by atoms with Gasteiger partial charge in [-0.15, -0.1) is 0 Å². The van der Waals surface area contributed by atoms with Crippen LogP contribution in [-0.4, -0.2) is 11.0 Å². The van der Waals surface area contributed by atoms with Gasteiger partial charge >= 0.3 is 0 Å². The predicted octanol–water partition coefficient (Wildman–Crippen LogP) is 3.84. The summed E-state index contributed by atoms with van der Waals surface area (Å²) in [6, 6.07) is 2.25. The van der Waals surface area contributed by atoms with E-state index in [1.54, 1.807) is 12.3 Å². The second-order valence-corrected chi connectivity index (χ2v) is 5.19. The Bertz CT molecular complexity index is 360. The molecule has 3 nitrogen and oxygen atoms in total. The van der Waals surface area contributed by atoms with Crippen LogP contribution in [0, 0.1) is 0 Å². The molecule has 0 aliphatic heterocycles. The minimum atomic E-state index is 0.504. The number of pyridine rings is 1. The van der Waals surface area contributed by atoms with Crippen LogP contribution >= 0.6 is 11.6 Å². The third kappa shape index (κ3) is 3.77. The second kappa shape index (κ2) is 6.10. The van der Waals surface area contributed by atoms with E-state index in [2.05, 4.69) is 10.3 Å². The van der Waals surface area contributed by atoms with Crippen molar-refractivity contribution in [3.05, 3.63) is 17.3 Å². The van der Waals surface area contributed by atoms with Crippen LogP contribution in [-0.2, 0) is 0 Å². The third-order valence-corrected chi connectivity index (χ3v) is 3.60. The number of anilines is 2. The van der Waals surface area contributed by atoms with Crippen molar-refractivity contribution < 1.29 is 0 Å². The van der Waals surface area contributed by atoms with E-state index in [4.69, 9.17) is 17.3 Å². The molecule has 1 aromatic heterocycles. The molecule has 4 heteroatoms. The van der Waals surface area contributed by atoms with Crippen LogP contribution in [0.1, 0.15) is 44.9 Å². The topological polar surface area (TPSA) is 50.9 Å². The summed E-state index contributed by atoms with van der Waals surface area (Å²) in [5.74, 6) is 0.770. The zero-order valence-electron chi connectivity index (χ0n) is 10.1. The molecular weight excluding hydrogens is 234 g/mol. The number of nitrogens with zero attached hydrogens (tertiary/aromatic N) is 1. The fourth-order valence-electron chi connectivity index (χ4n) is 2.35. The van der Waals surface area contributed by atoms with E-state index in [9.17, 15) is 0 Å². The van der Waals surface area contributed by atoms with Gasteiger partial charge < -0.3 is 11.1 Å². The molecule has 3 N–H and O–H groups in total. The van der Waals surface area contributed by atoms with E-state index in [0.29, 0.717) is 16.8 Å². The van der Waals surface area contributed by atoms with Crippen LogP contribution in [0.4, 0.5) is 11.5 Å². The standard InChI is InChI=1S/C13H20ClN3/c14-12-8-10(15)9-16-13(12)17-11-6-4-2-1-3-5-7-11/h8-9,11H,1-7,15H2,(H,16,17). The van der Waals surface area contributed by atoms with E-state index < -0.39 is 0 Å². The first-order valence-corrected chi connectivity index (χ1v) is 6.81. The summed E-state index contributed by atoms with van der Waals surface area (Å²) in [4.78, 5) is 4.26. The molecular formula is C13H20ClN3. The highest BCUT2D eigenvalue weighted by atomic mass is 35.5. The lowest BCUT2D eigenvalue weighted by molar-refractivity contribution is 0.471. The highest BCUT2D eigenvalue weighted by molar-refractivity contribution is 6.33. The van der Waals surface area contributed by atoms with Crippen molar-refractivity contribution in [1.82, 2.24) is 4.98 Å². The summed E-state index contributed by atoms with van der Waals surface area (Å²) in [7, 11) is 0. The highest BCUT2D eigenvalue weighted by Gasteiger charge is 2.13. The Kier molecular flexibility index (Phi) is 4.49. The van der Waals surface area contributed by atoms with Gasteiger partial charge in [-0.3, -0.25) is 0 Å². The van der Waals surface area contributed by atoms with Crippen molar-refractivity contribution in [2.75, 3.05) is 11.1 Å². The predicted molar refractivity (Wildman–Crippen MR) is 73.4 cm³/mol. The van der Waals surface area contributed by atoms with Gasteiger partial charge in [0.1, 0.15) is 5.82 Å². The number of rotatable bonds is 2. The van der Waals surface area contributed by atoms with Gasteiger partial charge in [-0.05, 0) is 18.9 Å². The van der Waals surface area contributed by atoms with E-state index in [-0.39, 0.29) is 0 Å². The van der Waals surface area contributed by atoms with Crippen molar-refractivity contribution in [1.29, 1.82) is 0 Å². The minimum Gasteiger partial charge on any atom is -0.397 e. The van der Waals surface area contributed by atoms with Gasteiger partial charge in [0.05, 0.1) is 16.9 Å². The molecule has 1 aromatic rings. The monoisotopic (exact) mass is 253 g/mol. The summed E-state index contributed by atoms with van der Waals surface area (Å²) < 4.78 is 0. The van der Waals surface area contributed by atoms with Crippen molar-refractivity contribution in [2.45, 2.75) is 51.0 Å². The normalized spacial score (nSPS) is 18.4. The maximum absolute atomic E-state index is 6.12. The van der Waals surface area contributed by atoms with Crippen LogP contribution in [0.15, 0.2) is 12.3 Å². The second-order valence-electron chi connectivity index (χ2n) is 4.79. The molecule has 0 bridgehead atoms. The Morgan fingerprint density at radius 1 is 1.18 bits per heavy atom. The molecule has 0 spiro atoms. The summed E-state index contributed by atoms with van der Waals surface area (Å²) in [5.41, 5.74) is 6.24. The SMILES string of the molecule is Nc1cnc(NC2CCCCCCC2)c(Cl)c1. The average molecular weight is 254 g/mol. The Labute approximate surface area is 108 Å². The van der Waals surface area contributed by atoms with E-state index in [0.717, 1.165) is 5.82 Å². The van der Waals surface area contributed by atoms with Gasteiger partial charge in [-0.25, -0.2) is 4.98 Å². The van der Waals surface area contributed by atoms with Crippen LogP contribution in [0.2, 0.25) is 5.02 Å². The van der Waals surface area contributed by atoms with Gasteiger partial charge in [0.15, 0.2) is 0 Å². The van der Waals surface area contributed by atoms with Crippen LogP contribution in [0.3, 0.4) is 0 Å². The summed E-state index contributed by atoms with van der Waals surface area (Å²) in [6.45, 7) is 0. The van der Waals surface area contributed by atoms with Crippen LogP contribution in [0.5, 0.6) is 0 Å². The minimum absolute atomic E-state index is 0.504. The van der Waals surface area contributed by atoms with Crippen molar-refractivity contribution in [3.63, 3.8) is 0 Å². The molecule has 0 atom stereocenters. The Morgan fingerprint density at radius 2 is 1.82 bits per heavy atom. The molecule has 0 saturated heterocycles. The Morgan fingerprint density at radius 3 is 2.47 bits per heavy atom. The molecule has 0 unspecified atom stereocenters. The van der Waals surface area contributed by atoms with Crippen LogP contribution < -0.4 is 11.1 Å². The van der Waals surface area contributed by atoms with Gasteiger partial charge in [0.2, 0.25) is 0 Å². The maximum atomic E-state index is 6.12. The van der Waals surface area contributed by atoms with Crippen molar-refractivity contribution in [3.8, 4) is 0 Å². The van der Waals surface area contributed by atoms with E-state index >= 15 is 0 Å².